The fourth-order valence-electron chi connectivity index (χ4n) is 3.87. The van der Waals surface area contributed by atoms with Crippen LogP contribution < -0.4 is 14.8 Å². The van der Waals surface area contributed by atoms with Gasteiger partial charge in [-0.25, -0.2) is 14.2 Å². The van der Waals surface area contributed by atoms with Gasteiger partial charge in [-0.05, 0) is 61.0 Å². The molecule has 0 fully saturated rings. The van der Waals surface area contributed by atoms with Gasteiger partial charge in [0.1, 0.15) is 5.82 Å². The molecule has 0 saturated carbocycles. The lowest BCUT2D eigenvalue weighted by Gasteiger charge is -2.15. The third-order valence-corrected chi connectivity index (χ3v) is 5.68. The molecule has 1 unspecified atom stereocenters. The summed E-state index contributed by atoms with van der Waals surface area (Å²) in [6.45, 7) is 1.54. The van der Waals surface area contributed by atoms with Gasteiger partial charge in [0.25, 0.3) is 5.91 Å². The normalized spacial score (nSPS) is 12.9. The fourth-order valence-corrected chi connectivity index (χ4v) is 3.87. The van der Waals surface area contributed by atoms with E-state index >= 15 is 0 Å². The molecule has 5 rings (SSSR count). The van der Waals surface area contributed by atoms with Gasteiger partial charge in [0, 0.05) is 10.9 Å². The van der Waals surface area contributed by atoms with Crippen LogP contribution in [0, 0.1) is 5.82 Å². The minimum absolute atomic E-state index is 0.169. The summed E-state index contributed by atoms with van der Waals surface area (Å²) in [5.41, 5.74) is 2.84. The van der Waals surface area contributed by atoms with E-state index in [9.17, 15) is 14.0 Å². The molecule has 0 saturated heterocycles. The number of halogens is 1. The molecule has 1 aliphatic rings. The van der Waals surface area contributed by atoms with Crippen molar-refractivity contribution in [2.75, 3.05) is 13.4 Å². The Morgan fingerprint density at radius 2 is 1.80 bits per heavy atom. The first-order chi connectivity index (χ1) is 17.0. The number of hydrogen-bond donors (Lipinski definition) is 1. The maximum Gasteiger partial charge on any atom is 0.339 e. The monoisotopic (exact) mass is 472 g/mol. The van der Waals surface area contributed by atoms with Gasteiger partial charge >= 0.3 is 5.97 Å². The zero-order valence-corrected chi connectivity index (χ0v) is 18.8. The number of para-hydroxylation sites is 1. The first-order valence-electron chi connectivity index (χ1n) is 11.0. The second-order valence-electron chi connectivity index (χ2n) is 8.06. The van der Waals surface area contributed by atoms with Crippen LogP contribution in [0.5, 0.6) is 11.5 Å². The van der Waals surface area contributed by atoms with E-state index in [0.717, 1.165) is 5.56 Å². The molecule has 3 aromatic carbocycles. The topological polar surface area (TPSA) is 86.8 Å². The molecule has 35 heavy (non-hydrogen) atoms. The molecule has 0 bridgehead atoms. The van der Waals surface area contributed by atoms with Crippen LogP contribution in [-0.2, 0) is 9.53 Å². The Kier molecular flexibility index (Phi) is 6.01. The van der Waals surface area contributed by atoms with Crippen LogP contribution in [0.2, 0.25) is 0 Å². The minimum atomic E-state index is -0.655. The molecule has 7 nitrogen and oxygen atoms in total. The predicted molar refractivity (Wildman–Crippen MR) is 127 cm³/mol. The van der Waals surface area contributed by atoms with E-state index in [0.29, 0.717) is 33.7 Å². The van der Waals surface area contributed by atoms with Gasteiger partial charge in [0.05, 0.1) is 22.8 Å². The maximum absolute atomic E-state index is 13.4. The van der Waals surface area contributed by atoms with Crippen molar-refractivity contribution in [3.8, 4) is 22.8 Å². The molecule has 1 aliphatic heterocycles. The molecular weight excluding hydrogens is 451 g/mol. The van der Waals surface area contributed by atoms with Crippen LogP contribution in [0.4, 0.5) is 4.39 Å². The van der Waals surface area contributed by atoms with Crippen LogP contribution in [0.3, 0.4) is 0 Å². The number of hydrogen-bond acceptors (Lipinski definition) is 6. The molecule has 0 aliphatic carbocycles. The number of nitrogens with one attached hydrogen (secondary N) is 1. The van der Waals surface area contributed by atoms with Crippen LogP contribution in [0.15, 0.2) is 72.8 Å². The summed E-state index contributed by atoms with van der Waals surface area (Å²) in [6, 6.07) is 19.7. The van der Waals surface area contributed by atoms with Gasteiger partial charge in [0.2, 0.25) is 6.79 Å². The molecule has 0 radical (unpaired) electrons. The number of nitrogens with zero attached hydrogens (tertiary/aromatic N) is 1. The molecule has 2 heterocycles. The van der Waals surface area contributed by atoms with Gasteiger partial charge < -0.3 is 19.5 Å². The third-order valence-electron chi connectivity index (χ3n) is 5.68. The van der Waals surface area contributed by atoms with Gasteiger partial charge in [-0.1, -0.05) is 24.3 Å². The lowest BCUT2D eigenvalue weighted by Crippen LogP contribution is -2.31. The second kappa shape index (κ2) is 9.42. The largest absolute Gasteiger partial charge is 0.454 e. The summed E-state index contributed by atoms with van der Waals surface area (Å²) in [5, 5.41) is 3.41. The Morgan fingerprint density at radius 1 is 1.03 bits per heavy atom. The zero-order chi connectivity index (χ0) is 24.4. The van der Waals surface area contributed by atoms with Gasteiger partial charge in [-0.2, -0.15) is 0 Å². The summed E-state index contributed by atoms with van der Waals surface area (Å²) >= 11 is 0. The lowest BCUT2D eigenvalue weighted by molar-refractivity contribution is -0.124. The van der Waals surface area contributed by atoms with Crippen molar-refractivity contribution in [1.82, 2.24) is 10.3 Å². The van der Waals surface area contributed by atoms with E-state index in [1.807, 2.05) is 19.1 Å². The quantitative estimate of drug-likeness (QED) is 0.406. The number of amides is 1. The van der Waals surface area contributed by atoms with E-state index in [1.54, 1.807) is 48.5 Å². The summed E-state index contributed by atoms with van der Waals surface area (Å²) in [5.74, 6) is -0.184. The number of fused-ring (bicyclic) bond motifs is 2. The zero-order valence-electron chi connectivity index (χ0n) is 18.8. The van der Waals surface area contributed by atoms with E-state index in [4.69, 9.17) is 14.2 Å². The number of carbonyl (C=O) groups excluding carboxylic acids is 2. The highest BCUT2D eigenvalue weighted by Gasteiger charge is 2.19. The van der Waals surface area contributed by atoms with Crippen molar-refractivity contribution in [3.05, 3.63) is 89.7 Å². The fraction of sp³-hybridized carbons (Fsp3) is 0.148. The van der Waals surface area contributed by atoms with Crippen molar-refractivity contribution >= 4 is 22.8 Å². The molecule has 0 spiro atoms. The van der Waals surface area contributed by atoms with E-state index in [-0.39, 0.29) is 24.2 Å². The van der Waals surface area contributed by atoms with Crippen LogP contribution in [0.1, 0.15) is 28.9 Å². The van der Waals surface area contributed by atoms with Crippen molar-refractivity contribution in [1.29, 1.82) is 0 Å². The summed E-state index contributed by atoms with van der Waals surface area (Å²) in [7, 11) is 0. The van der Waals surface area contributed by atoms with Crippen LogP contribution in [0.25, 0.3) is 22.2 Å². The Hall–Kier alpha value is -4.46. The molecule has 1 amide bonds. The van der Waals surface area contributed by atoms with Gasteiger partial charge in [0.15, 0.2) is 18.1 Å². The smallest absolute Gasteiger partial charge is 0.339 e. The van der Waals surface area contributed by atoms with Crippen molar-refractivity contribution in [2.24, 2.45) is 0 Å². The van der Waals surface area contributed by atoms with Crippen LogP contribution >= 0.6 is 0 Å². The van der Waals surface area contributed by atoms with E-state index < -0.39 is 18.5 Å². The van der Waals surface area contributed by atoms with Gasteiger partial charge in [-0.3, -0.25) is 4.79 Å². The number of rotatable bonds is 6. The number of carbonyl (C=O) groups is 2. The van der Waals surface area contributed by atoms with Crippen molar-refractivity contribution < 1.29 is 28.2 Å². The van der Waals surface area contributed by atoms with E-state index in [2.05, 4.69) is 10.3 Å². The first kappa shape index (κ1) is 22.3. The number of benzene rings is 3. The maximum atomic E-state index is 13.4. The Labute approximate surface area is 200 Å². The van der Waals surface area contributed by atoms with Gasteiger partial charge in [-0.15, -0.1) is 0 Å². The van der Waals surface area contributed by atoms with E-state index in [1.165, 1.54) is 12.1 Å². The summed E-state index contributed by atoms with van der Waals surface area (Å²) < 4.78 is 29.4. The highest BCUT2D eigenvalue weighted by molar-refractivity contribution is 6.05. The molecule has 1 atom stereocenters. The minimum Gasteiger partial charge on any atom is -0.454 e. The molecule has 8 heteroatoms. The highest BCUT2D eigenvalue weighted by atomic mass is 19.1. The number of esters is 1. The summed E-state index contributed by atoms with van der Waals surface area (Å²) in [4.78, 5) is 30.0. The standard InChI is InChI=1S/C27H21FN2O5/c1-16(18-8-11-24-25(12-18)35-15-34-24)29-26(31)14-33-27(32)21-13-23(17-6-9-19(28)10-7-17)30-22-5-3-2-4-20(21)22/h2-13,16H,14-15H2,1H3,(H,29,31). The Morgan fingerprint density at radius 3 is 2.63 bits per heavy atom. The third kappa shape index (κ3) is 4.77. The lowest BCUT2D eigenvalue weighted by atomic mass is 10.0. The first-order valence-corrected chi connectivity index (χ1v) is 11.0. The Bertz CT molecular complexity index is 1420. The Balaban J connectivity index is 1.30. The highest BCUT2D eigenvalue weighted by Crippen LogP contribution is 2.34. The molecule has 1 aromatic heterocycles. The van der Waals surface area contributed by atoms with Crippen molar-refractivity contribution in [3.63, 3.8) is 0 Å². The second-order valence-corrected chi connectivity index (χ2v) is 8.06. The SMILES string of the molecule is CC(NC(=O)COC(=O)c1cc(-c2ccc(F)cc2)nc2ccccc12)c1ccc2c(c1)OCO2. The number of pyridine rings is 1. The molecule has 1 N–H and O–H groups in total. The number of ether oxygens (including phenoxy) is 3. The summed E-state index contributed by atoms with van der Waals surface area (Å²) in [6.07, 6.45) is 0. The number of aromatic nitrogens is 1. The predicted octanol–water partition coefficient (Wildman–Crippen LogP) is 4.80. The molecular formula is C27H21FN2O5. The molecule has 176 valence electrons. The average molecular weight is 472 g/mol. The average Bonchev–Trinajstić information content (AvgIpc) is 3.35. The van der Waals surface area contributed by atoms with Crippen molar-refractivity contribution in [2.45, 2.75) is 13.0 Å². The van der Waals surface area contributed by atoms with Crippen LogP contribution in [-0.4, -0.2) is 30.3 Å². The molecule has 4 aromatic rings.